The summed E-state index contributed by atoms with van der Waals surface area (Å²) in [4.78, 5) is 21.7. The minimum Gasteiger partial charge on any atom is -0.497 e. The average Bonchev–Trinajstić information content (AvgIpc) is 2.47. The predicted octanol–water partition coefficient (Wildman–Crippen LogP) is 2.92. The van der Waals surface area contributed by atoms with Gasteiger partial charge in [0, 0.05) is 6.92 Å². The van der Waals surface area contributed by atoms with E-state index in [9.17, 15) is 9.70 Å². The van der Waals surface area contributed by atoms with Crippen LogP contribution >= 0.6 is 0 Å². The molecule has 0 spiro atoms. The normalized spacial score (nSPS) is 10.3. The molecule has 0 heterocycles. The molecule has 20 heavy (non-hydrogen) atoms. The number of amides is 1. The lowest BCUT2D eigenvalue weighted by molar-refractivity contribution is -0.128. The second-order valence-corrected chi connectivity index (χ2v) is 4.48. The first-order valence-electron chi connectivity index (χ1n) is 6.32. The maximum absolute atomic E-state index is 11.2. The van der Waals surface area contributed by atoms with Gasteiger partial charge in [-0.3, -0.25) is 4.79 Å². The molecule has 0 saturated carbocycles. The third kappa shape index (κ3) is 2.93. The molecule has 0 aromatic heterocycles. The third-order valence-electron chi connectivity index (χ3n) is 3.23. The molecule has 0 aliphatic heterocycles. The summed E-state index contributed by atoms with van der Waals surface area (Å²) in [5.74, 6) is 0.430. The number of methoxy groups -OCH3 is 1. The van der Waals surface area contributed by atoms with Crippen molar-refractivity contribution in [2.45, 2.75) is 13.3 Å². The maximum Gasteiger partial charge on any atom is 0.242 e. The van der Waals surface area contributed by atoms with Crippen LogP contribution in [0, 0.1) is 4.91 Å². The van der Waals surface area contributed by atoms with Gasteiger partial charge >= 0.3 is 0 Å². The van der Waals surface area contributed by atoms with E-state index in [0.717, 1.165) is 27.1 Å². The minimum atomic E-state index is -0.349. The van der Waals surface area contributed by atoms with Crippen molar-refractivity contribution in [1.29, 1.82) is 0 Å². The molecule has 104 valence electrons. The van der Waals surface area contributed by atoms with E-state index in [4.69, 9.17) is 4.74 Å². The van der Waals surface area contributed by atoms with Crippen LogP contribution in [0.2, 0.25) is 0 Å². The first-order chi connectivity index (χ1) is 9.65. The standard InChI is InChI=1S/C15H16N2O3/c1-11(18)17(16-19)9-8-13-5-3-4-12-6-7-14(20-2)10-15(12)13/h3-7,10H,8-9H2,1-2H3. The molecule has 0 radical (unpaired) electrons. The summed E-state index contributed by atoms with van der Waals surface area (Å²) >= 11 is 0. The van der Waals surface area contributed by atoms with Crippen LogP contribution < -0.4 is 4.74 Å². The number of nitroso groups, excluding NO2 is 1. The van der Waals surface area contributed by atoms with E-state index >= 15 is 0 Å². The Kier molecular flexibility index (Phi) is 4.30. The van der Waals surface area contributed by atoms with Gasteiger partial charge < -0.3 is 4.74 Å². The summed E-state index contributed by atoms with van der Waals surface area (Å²) in [6, 6.07) is 11.8. The fourth-order valence-corrected chi connectivity index (χ4v) is 2.14. The van der Waals surface area contributed by atoms with Crippen LogP contribution in [0.3, 0.4) is 0 Å². The number of rotatable bonds is 5. The molecule has 2 aromatic carbocycles. The highest BCUT2D eigenvalue weighted by Gasteiger charge is 2.10. The molecule has 0 saturated heterocycles. The minimum absolute atomic E-state index is 0.273. The summed E-state index contributed by atoms with van der Waals surface area (Å²) in [5.41, 5.74) is 1.05. The first-order valence-corrected chi connectivity index (χ1v) is 6.32. The second kappa shape index (κ2) is 6.14. The number of hydrogen-bond acceptors (Lipinski definition) is 4. The van der Waals surface area contributed by atoms with Gasteiger partial charge in [-0.2, -0.15) is 5.01 Å². The maximum atomic E-state index is 11.2. The van der Waals surface area contributed by atoms with E-state index in [0.29, 0.717) is 6.42 Å². The van der Waals surface area contributed by atoms with Crippen molar-refractivity contribution in [2.24, 2.45) is 5.29 Å². The van der Waals surface area contributed by atoms with Crippen LogP contribution in [0.25, 0.3) is 10.8 Å². The Bertz CT molecular complexity index is 640. The number of hydrogen-bond donors (Lipinski definition) is 0. The molecule has 0 aliphatic carbocycles. The Hall–Kier alpha value is -2.43. The molecular formula is C15H16N2O3. The Morgan fingerprint density at radius 1 is 1.30 bits per heavy atom. The van der Waals surface area contributed by atoms with Gasteiger partial charge in [0.2, 0.25) is 5.91 Å². The summed E-state index contributed by atoms with van der Waals surface area (Å²) in [7, 11) is 1.62. The number of fused-ring (bicyclic) bond motifs is 1. The highest BCUT2D eigenvalue weighted by molar-refractivity contribution is 5.87. The molecule has 0 fully saturated rings. The lowest BCUT2D eigenvalue weighted by atomic mass is 10.0. The number of ether oxygens (including phenoxy) is 1. The van der Waals surface area contributed by atoms with E-state index in [-0.39, 0.29) is 12.5 Å². The molecule has 5 nitrogen and oxygen atoms in total. The van der Waals surface area contributed by atoms with Crippen LogP contribution in [0.15, 0.2) is 41.7 Å². The Morgan fingerprint density at radius 3 is 2.75 bits per heavy atom. The summed E-state index contributed by atoms with van der Waals surface area (Å²) in [5, 5.41) is 5.81. The zero-order valence-corrected chi connectivity index (χ0v) is 11.5. The van der Waals surface area contributed by atoms with Crippen LogP contribution in [-0.2, 0) is 11.2 Å². The zero-order chi connectivity index (χ0) is 14.5. The van der Waals surface area contributed by atoms with Gasteiger partial charge in [-0.1, -0.05) is 24.3 Å². The zero-order valence-electron chi connectivity index (χ0n) is 11.5. The van der Waals surface area contributed by atoms with E-state index in [1.807, 2.05) is 36.4 Å². The van der Waals surface area contributed by atoms with Crippen molar-refractivity contribution >= 4 is 16.7 Å². The quantitative estimate of drug-likeness (QED) is 0.621. The van der Waals surface area contributed by atoms with E-state index < -0.39 is 0 Å². The molecule has 0 aliphatic rings. The highest BCUT2D eigenvalue weighted by Crippen LogP contribution is 2.24. The monoisotopic (exact) mass is 272 g/mol. The van der Waals surface area contributed by atoms with E-state index in [2.05, 4.69) is 5.29 Å². The molecule has 5 heteroatoms. The summed E-state index contributed by atoms with van der Waals surface area (Å²) in [6.45, 7) is 1.60. The molecule has 0 N–H and O–H groups in total. The van der Waals surface area contributed by atoms with Crippen molar-refractivity contribution in [3.05, 3.63) is 46.9 Å². The lowest BCUT2D eigenvalue weighted by Crippen LogP contribution is -2.24. The highest BCUT2D eigenvalue weighted by atomic mass is 16.5. The van der Waals surface area contributed by atoms with Crippen LogP contribution in [0.4, 0.5) is 0 Å². The van der Waals surface area contributed by atoms with Crippen molar-refractivity contribution in [1.82, 2.24) is 5.01 Å². The molecule has 0 bridgehead atoms. The van der Waals surface area contributed by atoms with Crippen molar-refractivity contribution in [3.63, 3.8) is 0 Å². The van der Waals surface area contributed by atoms with Gasteiger partial charge in [0.25, 0.3) is 0 Å². The number of carbonyl (C=O) groups excluding carboxylic acids is 1. The first kappa shape index (κ1) is 14.0. The Labute approximate surface area is 117 Å². The van der Waals surface area contributed by atoms with Crippen LogP contribution in [0.5, 0.6) is 5.75 Å². The number of benzene rings is 2. The van der Waals surface area contributed by atoms with Crippen LogP contribution in [-0.4, -0.2) is 24.6 Å². The number of nitrogens with zero attached hydrogens (tertiary/aromatic N) is 2. The Morgan fingerprint density at radius 2 is 2.10 bits per heavy atom. The van der Waals surface area contributed by atoms with Gasteiger partial charge in [0.1, 0.15) is 5.75 Å². The molecule has 0 atom stereocenters. The fourth-order valence-electron chi connectivity index (χ4n) is 2.14. The average molecular weight is 272 g/mol. The fraction of sp³-hybridized carbons (Fsp3) is 0.267. The van der Waals surface area contributed by atoms with Crippen molar-refractivity contribution in [3.8, 4) is 5.75 Å². The molecule has 1 amide bonds. The molecular weight excluding hydrogens is 256 g/mol. The third-order valence-corrected chi connectivity index (χ3v) is 3.23. The Balaban J connectivity index is 2.29. The topological polar surface area (TPSA) is 59.0 Å². The SMILES string of the molecule is COc1ccc2cccc(CCN(N=O)C(C)=O)c2c1. The lowest BCUT2D eigenvalue weighted by Gasteiger charge is -2.12. The van der Waals surface area contributed by atoms with Crippen LogP contribution in [0.1, 0.15) is 12.5 Å². The predicted molar refractivity (Wildman–Crippen MR) is 77.4 cm³/mol. The summed E-state index contributed by atoms with van der Waals surface area (Å²) < 4.78 is 5.23. The summed E-state index contributed by atoms with van der Waals surface area (Å²) in [6.07, 6.45) is 0.565. The second-order valence-electron chi connectivity index (χ2n) is 4.48. The molecule has 2 aromatic rings. The smallest absolute Gasteiger partial charge is 0.242 e. The van der Waals surface area contributed by atoms with Crippen molar-refractivity contribution in [2.75, 3.05) is 13.7 Å². The van der Waals surface area contributed by atoms with E-state index in [1.165, 1.54) is 6.92 Å². The number of carbonyl (C=O) groups is 1. The largest absolute Gasteiger partial charge is 0.497 e. The van der Waals surface area contributed by atoms with E-state index in [1.54, 1.807) is 7.11 Å². The molecule has 0 unspecified atom stereocenters. The van der Waals surface area contributed by atoms with Gasteiger partial charge in [-0.05, 0) is 34.9 Å². The van der Waals surface area contributed by atoms with Crippen molar-refractivity contribution < 1.29 is 9.53 Å². The van der Waals surface area contributed by atoms with Gasteiger partial charge in [-0.25, -0.2) is 0 Å². The van der Waals surface area contributed by atoms with Gasteiger partial charge in [-0.15, -0.1) is 4.91 Å². The molecule has 2 rings (SSSR count). The van der Waals surface area contributed by atoms with Gasteiger partial charge in [0.15, 0.2) is 0 Å². The van der Waals surface area contributed by atoms with Gasteiger partial charge in [0.05, 0.1) is 18.9 Å².